The molecular weight excluding hydrogens is 166 g/mol. The average Bonchev–Trinajstić information content (AvgIpc) is 2.17. The number of aldehydes is 1. The van der Waals surface area contributed by atoms with Gasteiger partial charge in [-0.2, -0.15) is 0 Å². The molecule has 1 aromatic carbocycles. The van der Waals surface area contributed by atoms with Crippen molar-refractivity contribution in [1.29, 1.82) is 0 Å². The fourth-order valence-corrected chi connectivity index (χ4v) is 1.05. The summed E-state index contributed by atoms with van der Waals surface area (Å²) in [6, 6.07) is 5.04. The lowest BCUT2D eigenvalue weighted by atomic mass is 10.1. The van der Waals surface area contributed by atoms with E-state index in [2.05, 4.69) is 5.32 Å². The first-order chi connectivity index (χ1) is 6.19. The van der Waals surface area contributed by atoms with Crippen molar-refractivity contribution in [3.05, 3.63) is 34.9 Å². The maximum Gasteiger partial charge on any atom is 0.251 e. The molecule has 0 aromatic heterocycles. The number of hydrogen-bond donors (Lipinski definition) is 1. The molecule has 3 nitrogen and oxygen atoms in total. The summed E-state index contributed by atoms with van der Waals surface area (Å²) in [7, 11) is 1.56. The van der Waals surface area contributed by atoms with Crippen LogP contribution in [0, 0.1) is 6.92 Å². The van der Waals surface area contributed by atoms with Gasteiger partial charge in [-0.05, 0) is 24.6 Å². The van der Waals surface area contributed by atoms with E-state index in [4.69, 9.17) is 0 Å². The molecule has 0 fully saturated rings. The second-order valence-corrected chi connectivity index (χ2v) is 2.77. The van der Waals surface area contributed by atoms with Gasteiger partial charge in [0, 0.05) is 18.2 Å². The van der Waals surface area contributed by atoms with Crippen molar-refractivity contribution < 1.29 is 9.59 Å². The number of nitrogens with one attached hydrogen (secondary N) is 1. The van der Waals surface area contributed by atoms with Gasteiger partial charge in [-0.1, -0.05) is 6.07 Å². The summed E-state index contributed by atoms with van der Waals surface area (Å²) in [4.78, 5) is 21.7. The van der Waals surface area contributed by atoms with Gasteiger partial charge in [0.1, 0.15) is 6.29 Å². The van der Waals surface area contributed by atoms with Crippen LogP contribution in [0.2, 0.25) is 0 Å². The zero-order valence-corrected chi connectivity index (χ0v) is 7.63. The Morgan fingerprint density at radius 1 is 1.46 bits per heavy atom. The van der Waals surface area contributed by atoms with E-state index in [0.717, 1.165) is 11.8 Å². The van der Waals surface area contributed by atoms with Crippen LogP contribution in [-0.2, 0) is 0 Å². The average molecular weight is 177 g/mol. The van der Waals surface area contributed by atoms with Crippen molar-refractivity contribution in [2.75, 3.05) is 7.05 Å². The summed E-state index contributed by atoms with van der Waals surface area (Å²) >= 11 is 0. The first-order valence-electron chi connectivity index (χ1n) is 3.97. The molecule has 0 aliphatic carbocycles. The Kier molecular flexibility index (Phi) is 2.80. The van der Waals surface area contributed by atoms with Crippen LogP contribution in [0.3, 0.4) is 0 Å². The number of benzene rings is 1. The van der Waals surface area contributed by atoms with E-state index in [1.165, 1.54) is 0 Å². The molecule has 0 aliphatic rings. The maximum absolute atomic E-state index is 11.2. The van der Waals surface area contributed by atoms with E-state index in [-0.39, 0.29) is 5.91 Å². The third kappa shape index (κ3) is 1.93. The minimum absolute atomic E-state index is 0.178. The molecule has 0 heterocycles. The standard InChI is InChI=1S/C10H11NO2/c1-7-3-4-8(10(13)11-2)5-9(7)6-12/h3-6H,1-2H3,(H,11,13). The number of hydrogen-bond acceptors (Lipinski definition) is 2. The number of rotatable bonds is 2. The number of amides is 1. The van der Waals surface area contributed by atoms with Crippen molar-refractivity contribution >= 4 is 12.2 Å². The molecule has 0 aliphatic heterocycles. The van der Waals surface area contributed by atoms with Crippen LogP contribution in [0.25, 0.3) is 0 Å². The summed E-state index contributed by atoms with van der Waals surface area (Å²) in [5.41, 5.74) is 1.94. The fourth-order valence-electron chi connectivity index (χ4n) is 1.05. The molecule has 0 radical (unpaired) electrons. The first kappa shape index (κ1) is 9.45. The lowest BCUT2D eigenvalue weighted by molar-refractivity contribution is 0.0963. The Labute approximate surface area is 76.8 Å². The molecule has 0 bridgehead atoms. The van der Waals surface area contributed by atoms with Gasteiger partial charge in [-0.3, -0.25) is 9.59 Å². The van der Waals surface area contributed by atoms with E-state index < -0.39 is 0 Å². The molecule has 0 atom stereocenters. The highest BCUT2D eigenvalue weighted by Gasteiger charge is 2.04. The van der Waals surface area contributed by atoms with E-state index in [9.17, 15) is 9.59 Å². The van der Waals surface area contributed by atoms with Crippen LogP contribution < -0.4 is 5.32 Å². The molecule has 3 heteroatoms. The fraction of sp³-hybridized carbons (Fsp3) is 0.200. The smallest absolute Gasteiger partial charge is 0.251 e. The summed E-state index contributed by atoms with van der Waals surface area (Å²) in [6.07, 6.45) is 0.752. The Bertz CT molecular complexity index is 345. The van der Waals surface area contributed by atoms with Gasteiger partial charge in [0.25, 0.3) is 5.91 Å². The number of aryl methyl sites for hydroxylation is 1. The molecule has 1 aromatic rings. The zero-order chi connectivity index (χ0) is 9.84. The minimum Gasteiger partial charge on any atom is -0.355 e. The molecule has 13 heavy (non-hydrogen) atoms. The van der Waals surface area contributed by atoms with Gasteiger partial charge < -0.3 is 5.32 Å². The van der Waals surface area contributed by atoms with Crippen LogP contribution in [0.4, 0.5) is 0 Å². The zero-order valence-electron chi connectivity index (χ0n) is 7.63. The highest BCUT2D eigenvalue weighted by atomic mass is 16.1. The number of carbonyl (C=O) groups is 2. The lowest BCUT2D eigenvalue weighted by Crippen LogP contribution is -2.17. The monoisotopic (exact) mass is 177 g/mol. The topological polar surface area (TPSA) is 46.2 Å². The van der Waals surface area contributed by atoms with Crippen molar-refractivity contribution in [3.63, 3.8) is 0 Å². The van der Waals surface area contributed by atoms with Crippen molar-refractivity contribution in [2.24, 2.45) is 0 Å². The van der Waals surface area contributed by atoms with Crippen molar-refractivity contribution in [2.45, 2.75) is 6.92 Å². The molecule has 0 saturated heterocycles. The maximum atomic E-state index is 11.2. The van der Waals surface area contributed by atoms with Crippen molar-refractivity contribution in [1.82, 2.24) is 5.32 Å². The summed E-state index contributed by atoms with van der Waals surface area (Å²) in [5, 5.41) is 2.50. The highest BCUT2D eigenvalue weighted by molar-refractivity contribution is 5.95. The molecular formula is C10H11NO2. The molecule has 1 N–H and O–H groups in total. The second kappa shape index (κ2) is 3.85. The predicted molar refractivity (Wildman–Crippen MR) is 50.0 cm³/mol. The Morgan fingerprint density at radius 3 is 2.69 bits per heavy atom. The van der Waals surface area contributed by atoms with E-state index >= 15 is 0 Å². The Morgan fingerprint density at radius 2 is 2.15 bits per heavy atom. The molecule has 0 spiro atoms. The van der Waals surface area contributed by atoms with Gasteiger partial charge in [0.2, 0.25) is 0 Å². The quantitative estimate of drug-likeness (QED) is 0.689. The van der Waals surface area contributed by atoms with Crippen LogP contribution in [-0.4, -0.2) is 19.2 Å². The Hall–Kier alpha value is -1.64. The SMILES string of the molecule is CNC(=O)c1ccc(C)c(C=O)c1. The summed E-state index contributed by atoms with van der Waals surface area (Å²) in [5.74, 6) is -0.178. The predicted octanol–water partition coefficient (Wildman–Crippen LogP) is 1.17. The van der Waals surface area contributed by atoms with Gasteiger partial charge >= 0.3 is 0 Å². The lowest BCUT2D eigenvalue weighted by Gasteiger charge is -2.02. The van der Waals surface area contributed by atoms with E-state index in [1.54, 1.807) is 25.2 Å². The molecule has 68 valence electrons. The normalized spacial score (nSPS) is 9.38. The van der Waals surface area contributed by atoms with Gasteiger partial charge in [-0.15, -0.1) is 0 Å². The van der Waals surface area contributed by atoms with Crippen LogP contribution >= 0.6 is 0 Å². The third-order valence-electron chi connectivity index (χ3n) is 1.90. The summed E-state index contributed by atoms with van der Waals surface area (Å²) < 4.78 is 0. The first-order valence-corrected chi connectivity index (χ1v) is 3.97. The molecule has 1 rings (SSSR count). The highest BCUT2D eigenvalue weighted by Crippen LogP contribution is 2.08. The van der Waals surface area contributed by atoms with Gasteiger partial charge in [-0.25, -0.2) is 0 Å². The molecule has 0 unspecified atom stereocenters. The van der Waals surface area contributed by atoms with Crippen molar-refractivity contribution in [3.8, 4) is 0 Å². The van der Waals surface area contributed by atoms with Gasteiger partial charge in [0.15, 0.2) is 0 Å². The summed E-state index contributed by atoms with van der Waals surface area (Å²) in [6.45, 7) is 1.83. The van der Waals surface area contributed by atoms with E-state index in [1.807, 2.05) is 6.92 Å². The minimum atomic E-state index is -0.178. The molecule has 1 amide bonds. The van der Waals surface area contributed by atoms with Gasteiger partial charge in [0.05, 0.1) is 0 Å². The Balaban J connectivity index is 3.13. The number of carbonyl (C=O) groups excluding carboxylic acids is 2. The van der Waals surface area contributed by atoms with E-state index in [0.29, 0.717) is 11.1 Å². The third-order valence-corrected chi connectivity index (χ3v) is 1.90. The van der Waals surface area contributed by atoms with Crippen LogP contribution in [0.1, 0.15) is 26.3 Å². The van der Waals surface area contributed by atoms with Crippen LogP contribution in [0.5, 0.6) is 0 Å². The second-order valence-electron chi connectivity index (χ2n) is 2.77. The largest absolute Gasteiger partial charge is 0.355 e. The molecule has 0 saturated carbocycles. The van der Waals surface area contributed by atoms with Crippen LogP contribution in [0.15, 0.2) is 18.2 Å².